The molecule has 1 amide bonds. The first-order valence-electron chi connectivity index (χ1n) is 7.23. The molecule has 7 nitrogen and oxygen atoms in total. The smallest absolute Gasteiger partial charge is 0.261 e. The number of halogens is 1. The minimum atomic E-state index is -0.232. The van der Waals surface area contributed by atoms with Crippen LogP contribution in [0.4, 0.5) is 0 Å². The number of fused-ring (bicyclic) bond motifs is 1. The van der Waals surface area contributed by atoms with E-state index in [1.807, 2.05) is 6.07 Å². The van der Waals surface area contributed by atoms with E-state index in [4.69, 9.17) is 4.74 Å². The molecule has 0 saturated heterocycles. The predicted octanol–water partition coefficient (Wildman–Crippen LogP) is 0.511. The van der Waals surface area contributed by atoms with Gasteiger partial charge in [0.2, 0.25) is 5.91 Å². The van der Waals surface area contributed by atoms with E-state index in [1.165, 1.54) is 10.9 Å². The largest absolute Gasteiger partial charge is 0.383 e. The molecule has 0 aliphatic rings. The van der Waals surface area contributed by atoms with Crippen LogP contribution in [0.5, 0.6) is 0 Å². The summed E-state index contributed by atoms with van der Waals surface area (Å²) in [4.78, 5) is 28.5. The minimum Gasteiger partial charge on any atom is -0.383 e. The minimum absolute atomic E-state index is 0.0492. The van der Waals surface area contributed by atoms with E-state index in [-0.39, 0.29) is 18.0 Å². The molecule has 23 heavy (non-hydrogen) atoms. The van der Waals surface area contributed by atoms with Crippen molar-refractivity contribution in [1.82, 2.24) is 20.2 Å². The van der Waals surface area contributed by atoms with Crippen LogP contribution >= 0.6 is 15.9 Å². The molecule has 2 aromatic rings. The number of carbonyl (C=O) groups excluding carboxylic acids is 1. The third kappa shape index (κ3) is 5.12. The van der Waals surface area contributed by atoms with Gasteiger partial charge in [0.15, 0.2) is 0 Å². The SMILES string of the molecule is COCCNCCNC(=O)Cn1cnc2ccc(Br)cc2c1=O. The Kier molecular flexibility index (Phi) is 6.69. The fourth-order valence-electron chi connectivity index (χ4n) is 2.04. The van der Waals surface area contributed by atoms with Crippen molar-refractivity contribution < 1.29 is 9.53 Å². The van der Waals surface area contributed by atoms with Crippen LogP contribution in [0.2, 0.25) is 0 Å². The van der Waals surface area contributed by atoms with Gasteiger partial charge in [0, 0.05) is 31.2 Å². The summed E-state index contributed by atoms with van der Waals surface area (Å²) in [5.41, 5.74) is 0.377. The molecule has 1 aromatic carbocycles. The summed E-state index contributed by atoms with van der Waals surface area (Å²) in [5, 5.41) is 6.36. The average Bonchev–Trinajstić information content (AvgIpc) is 2.54. The van der Waals surface area contributed by atoms with Crippen molar-refractivity contribution in [3.8, 4) is 0 Å². The lowest BCUT2D eigenvalue weighted by Crippen LogP contribution is -2.36. The van der Waals surface area contributed by atoms with Crippen LogP contribution in [-0.2, 0) is 16.1 Å². The standard InChI is InChI=1S/C15H19BrN4O3/c1-23-7-6-17-4-5-18-14(21)9-20-10-19-13-3-2-11(16)8-12(13)15(20)22/h2-3,8,10,17H,4-7,9H2,1H3,(H,18,21). The zero-order valence-electron chi connectivity index (χ0n) is 12.8. The fourth-order valence-corrected chi connectivity index (χ4v) is 2.41. The highest BCUT2D eigenvalue weighted by Crippen LogP contribution is 2.14. The lowest BCUT2D eigenvalue weighted by atomic mass is 10.2. The number of ether oxygens (including phenoxy) is 1. The summed E-state index contributed by atoms with van der Waals surface area (Å²) in [6.45, 7) is 2.44. The molecular weight excluding hydrogens is 364 g/mol. The van der Waals surface area contributed by atoms with E-state index >= 15 is 0 Å². The molecule has 0 bridgehead atoms. The number of benzene rings is 1. The number of methoxy groups -OCH3 is 1. The van der Waals surface area contributed by atoms with E-state index in [9.17, 15) is 9.59 Å². The number of amides is 1. The third-order valence-electron chi connectivity index (χ3n) is 3.21. The van der Waals surface area contributed by atoms with Gasteiger partial charge in [-0.2, -0.15) is 0 Å². The van der Waals surface area contributed by atoms with Gasteiger partial charge >= 0.3 is 0 Å². The number of rotatable bonds is 8. The van der Waals surface area contributed by atoms with Crippen molar-refractivity contribution >= 4 is 32.7 Å². The Labute approximate surface area is 142 Å². The highest BCUT2D eigenvalue weighted by Gasteiger charge is 2.08. The molecule has 1 aromatic heterocycles. The van der Waals surface area contributed by atoms with Gasteiger partial charge in [0.25, 0.3) is 5.56 Å². The molecule has 0 saturated carbocycles. The van der Waals surface area contributed by atoms with Crippen molar-refractivity contribution in [2.45, 2.75) is 6.54 Å². The van der Waals surface area contributed by atoms with Gasteiger partial charge in [0.1, 0.15) is 6.54 Å². The molecule has 2 N–H and O–H groups in total. The van der Waals surface area contributed by atoms with Crippen LogP contribution in [0.1, 0.15) is 0 Å². The summed E-state index contributed by atoms with van der Waals surface area (Å²) < 4.78 is 7.01. The normalized spacial score (nSPS) is 10.9. The van der Waals surface area contributed by atoms with Gasteiger partial charge in [-0.25, -0.2) is 4.98 Å². The van der Waals surface area contributed by atoms with Gasteiger partial charge in [-0.05, 0) is 18.2 Å². The first-order chi connectivity index (χ1) is 11.1. The molecule has 1 heterocycles. The van der Waals surface area contributed by atoms with Gasteiger partial charge < -0.3 is 15.4 Å². The summed E-state index contributed by atoms with van der Waals surface area (Å²) in [5.74, 6) is -0.225. The third-order valence-corrected chi connectivity index (χ3v) is 3.70. The zero-order chi connectivity index (χ0) is 16.7. The number of hydrogen-bond acceptors (Lipinski definition) is 5. The molecular formula is C15H19BrN4O3. The lowest BCUT2D eigenvalue weighted by molar-refractivity contribution is -0.121. The second-order valence-electron chi connectivity index (χ2n) is 4.93. The number of carbonyl (C=O) groups is 1. The van der Waals surface area contributed by atoms with Crippen molar-refractivity contribution in [1.29, 1.82) is 0 Å². The van der Waals surface area contributed by atoms with Crippen LogP contribution in [0.3, 0.4) is 0 Å². The van der Waals surface area contributed by atoms with E-state index < -0.39 is 0 Å². The Morgan fingerprint density at radius 3 is 2.96 bits per heavy atom. The average molecular weight is 383 g/mol. The van der Waals surface area contributed by atoms with Crippen LogP contribution in [0.15, 0.2) is 33.8 Å². The van der Waals surface area contributed by atoms with Crippen LogP contribution in [-0.4, -0.2) is 48.8 Å². The van der Waals surface area contributed by atoms with Gasteiger partial charge in [-0.1, -0.05) is 15.9 Å². The highest BCUT2D eigenvalue weighted by atomic mass is 79.9. The molecule has 0 unspecified atom stereocenters. The van der Waals surface area contributed by atoms with Crippen LogP contribution in [0, 0.1) is 0 Å². The molecule has 0 radical (unpaired) electrons. The number of hydrogen-bond donors (Lipinski definition) is 2. The second-order valence-corrected chi connectivity index (χ2v) is 5.85. The monoisotopic (exact) mass is 382 g/mol. The van der Waals surface area contributed by atoms with E-state index in [2.05, 4.69) is 31.5 Å². The van der Waals surface area contributed by atoms with E-state index in [0.29, 0.717) is 30.6 Å². The summed E-state index contributed by atoms with van der Waals surface area (Å²) >= 11 is 3.33. The molecule has 0 atom stereocenters. The maximum atomic E-state index is 12.4. The van der Waals surface area contributed by atoms with Crippen molar-refractivity contribution in [2.75, 3.05) is 33.4 Å². The molecule has 124 valence electrons. The van der Waals surface area contributed by atoms with Crippen LogP contribution in [0.25, 0.3) is 10.9 Å². The molecule has 2 rings (SSSR count). The van der Waals surface area contributed by atoms with Crippen molar-refractivity contribution in [3.05, 3.63) is 39.4 Å². The molecule has 0 aliphatic heterocycles. The first kappa shape index (κ1) is 17.6. The number of nitrogens with one attached hydrogen (secondary N) is 2. The Balaban J connectivity index is 1.92. The maximum absolute atomic E-state index is 12.4. The Bertz CT molecular complexity index is 732. The lowest BCUT2D eigenvalue weighted by Gasteiger charge is -2.09. The van der Waals surface area contributed by atoms with Crippen LogP contribution < -0.4 is 16.2 Å². The molecule has 0 aliphatic carbocycles. The summed E-state index contributed by atoms with van der Waals surface area (Å²) in [6.07, 6.45) is 1.40. The molecule has 0 fully saturated rings. The van der Waals surface area contributed by atoms with Crippen molar-refractivity contribution in [3.63, 3.8) is 0 Å². The van der Waals surface area contributed by atoms with Gasteiger partial charge in [0.05, 0.1) is 23.8 Å². The van der Waals surface area contributed by atoms with Crippen molar-refractivity contribution in [2.24, 2.45) is 0 Å². The molecule has 0 spiro atoms. The quantitative estimate of drug-likeness (QED) is 0.649. The number of nitrogens with zero attached hydrogens (tertiary/aromatic N) is 2. The Morgan fingerprint density at radius 2 is 2.17 bits per heavy atom. The topological polar surface area (TPSA) is 85.2 Å². The van der Waals surface area contributed by atoms with E-state index in [1.54, 1.807) is 19.2 Å². The van der Waals surface area contributed by atoms with Gasteiger partial charge in [-0.3, -0.25) is 14.2 Å². The highest BCUT2D eigenvalue weighted by molar-refractivity contribution is 9.10. The zero-order valence-corrected chi connectivity index (χ0v) is 14.4. The first-order valence-corrected chi connectivity index (χ1v) is 8.02. The Hall–Kier alpha value is -1.77. The summed E-state index contributed by atoms with van der Waals surface area (Å²) in [7, 11) is 1.64. The van der Waals surface area contributed by atoms with E-state index in [0.717, 1.165) is 11.0 Å². The second kappa shape index (κ2) is 8.76. The Morgan fingerprint density at radius 1 is 1.35 bits per heavy atom. The maximum Gasteiger partial charge on any atom is 0.261 e. The fraction of sp³-hybridized carbons (Fsp3) is 0.400. The molecule has 8 heteroatoms. The number of aromatic nitrogens is 2. The predicted molar refractivity (Wildman–Crippen MR) is 91.5 cm³/mol. The van der Waals surface area contributed by atoms with Gasteiger partial charge in [-0.15, -0.1) is 0 Å². The summed E-state index contributed by atoms with van der Waals surface area (Å²) in [6, 6.07) is 5.29.